The zero-order valence-corrected chi connectivity index (χ0v) is 11.8. The summed E-state index contributed by atoms with van der Waals surface area (Å²) in [6.07, 6.45) is 1.76. The molecule has 1 aromatic rings. The quantitative estimate of drug-likeness (QED) is 0.902. The van der Waals surface area contributed by atoms with Crippen LogP contribution < -0.4 is 5.73 Å². The third-order valence-corrected chi connectivity index (χ3v) is 3.85. The maximum Gasteiger partial charge on any atom is 0.0801 e. The van der Waals surface area contributed by atoms with Gasteiger partial charge in [-0.3, -0.25) is 0 Å². The topological polar surface area (TPSA) is 35.2 Å². The van der Waals surface area contributed by atoms with Crippen LogP contribution >= 0.6 is 15.9 Å². The van der Waals surface area contributed by atoms with Crippen molar-refractivity contribution in [3.05, 3.63) is 34.3 Å². The summed E-state index contributed by atoms with van der Waals surface area (Å²) in [7, 11) is 1.73. The van der Waals surface area contributed by atoms with E-state index in [1.807, 2.05) is 12.1 Å². The summed E-state index contributed by atoms with van der Waals surface area (Å²) in [5.41, 5.74) is 7.21. The lowest BCUT2D eigenvalue weighted by Gasteiger charge is -2.33. The van der Waals surface area contributed by atoms with Gasteiger partial charge in [0.25, 0.3) is 0 Å². The minimum absolute atomic E-state index is 0.0173. The molecule has 0 fully saturated rings. The number of nitrogens with two attached hydrogens (primary N) is 1. The first-order valence-electron chi connectivity index (χ1n) is 5.57. The number of ether oxygens (including phenoxy) is 1. The van der Waals surface area contributed by atoms with Gasteiger partial charge in [0.2, 0.25) is 0 Å². The van der Waals surface area contributed by atoms with E-state index >= 15 is 0 Å². The van der Waals surface area contributed by atoms with E-state index in [1.54, 1.807) is 7.11 Å². The fourth-order valence-electron chi connectivity index (χ4n) is 1.65. The Morgan fingerprint density at radius 3 is 2.38 bits per heavy atom. The Morgan fingerprint density at radius 1 is 1.38 bits per heavy atom. The zero-order valence-electron chi connectivity index (χ0n) is 10.2. The van der Waals surface area contributed by atoms with E-state index < -0.39 is 0 Å². The van der Waals surface area contributed by atoms with Gasteiger partial charge >= 0.3 is 0 Å². The Hall–Kier alpha value is -0.380. The van der Waals surface area contributed by atoms with Crippen LogP contribution in [0.1, 0.15) is 25.8 Å². The maximum atomic E-state index is 6.21. The normalized spacial score (nSPS) is 16.8. The summed E-state index contributed by atoms with van der Waals surface area (Å²) in [4.78, 5) is 0. The van der Waals surface area contributed by atoms with Crippen molar-refractivity contribution in [2.24, 2.45) is 5.73 Å². The van der Waals surface area contributed by atoms with E-state index in [-0.39, 0.29) is 11.6 Å². The van der Waals surface area contributed by atoms with E-state index in [2.05, 4.69) is 41.9 Å². The second-order valence-electron chi connectivity index (χ2n) is 4.31. The van der Waals surface area contributed by atoms with Crippen molar-refractivity contribution < 1.29 is 4.74 Å². The Kier molecular flexibility index (Phi) is 4.96. The van der Waals surface area contributed by atoms with Gasteiger partial charge < -0.3 is 10.5 Å². The number of hydrogen-bond donors (Lipinski definition) is 1. The number of rotatable bonds is 5. The van der Waals surface area contributed by atoms with Crippen molar-refractivity contribution in [2.45, 2.75) is 38.3 Å². The second kappa shape index (κ2) is 5.80. The van der Waals surface area contributed by atoms with Crippen LogP contribution in [0.25, 0.3) is 0 Å². The van der Waals surface area contributed by atoms with Gasteiger partial charge in [0.05, 0.1) is 5.60 Å². The summed E-state index contributed by atoms with van der Waals surface area (Å²) in [5, 5.41) is 0. The van der Waals surface area contributed by atoms with Crippen LogP contribution in [0.5, 0.6) is 0 Å². The Bertz CT molecular complexity index is 319. The highest BCUT2D eigenvalue weighted by Crippen LogP contribution is 2.21. The number of hydrogen-bond acceptors (Lipinski definition) is 2. The van der Waals surface area contributed by atoms with Crippen molar-refractivity contribution in [1.82, 2.24) is 0 Å². The molecule has 0 aliphatic rings. The van der Waals surface area contributed by atoms with Crippen molar-refractivity contribution in [3.8, 4) is 0 Å². The molecule has 0 aliphatic carbocycles. The van der Waals surface area contributed by atoms with Gasteiger partial charge in [-0.05, 0) is 37.5 Å². The van der Waals surface area contributed by atoms with Gasteiger partial charge in [0, 0.05) is 17.6 Å². The molecule has 90 valence electrons. The van der Waals surface area contributed by atoms with Crippen molar-refractivity contribution in [2.75, 3.05) is 7.11 Å². The van der Waals surface area contributed by atoms with E-state index in [0.717, 1.165) is 17.3 Å². The lowest BCUT2D eigenvalue weighted by atomic mass is 9.89. The number of benzene rings is 1. The first-order chi connectivity index (χ1) is 7.51. The number of halogens is 1. The molecule has 0 saturated carbocycles. The highest BCUT2D eigenvalue weighted by atomic mass is 79.9. The molecule has 1 aromatic carbocycles. The first-order valence-corrected chi connectivity index (χ1v) is 6.36. The standard InChI is InChI=1S/C13H20BrNO/c1-4-13(2,16-3)12(15)9-10-5-7-11(14)8-6-10/h5-8,12H,4,9,15H2,1-3H3. The fourth-order valence-corrected chi connectivity index (χ4v) is 1.91. The Morgan fingerprint density at radius 2 is 1.94 bits per heavy atom. The molecule has 0 bridgehead atoms. The zero-order chi connectivity index (χ0) is 12.2. The summed E-state index contributed by atoms with van der Waals surface area (Å²) >= 11 is 3.42. The van der Waals surface area contributed by atoms with Gasteiger partial charge in [0.1, 0.15) is 0 Å². The lowest BCUT2D eigenvalue weighted by Crippen LogP contribution is -2.48. The van der Waals surface area contributed by atoms with Crippen molar-refractivity contribution in [3.63, 3.8) is 0 Å². The van der Waals surface area contributed by atoms with Crippen LogP contribution in [0, 0.1) is 0 Å². The summed E-state index contributed by atoms with van der Waals surface area (Å²) in [5.74, 6) is 0. The van der Waals surface area contributed by atoms with Crippen LogP contribution in [0.3, 0.4) is 0 Å². The van der Waals surface area contributed by atoms with Crippen LogP contribution in [0.15, 0.2) is 28.7 Å². The Labute approximate surface area is 106 Å². The summed E-state index contributed by atoms with van der Waals surface area (Å²) in [6.45, 7) is 4.17. The van der Waals surface area contributed by atoms with Crippen LogP contribution in [0.4, 0.5) is 0 Å². The first kappa shape index (κ1) is 13.7. The molecule has 0 radical (unpaired) electrons. The Balaban J connectivity index is 2.70. The predicted molar refractivity (Wildman–Crippen MR) is 71.5 cm³/mol. The van der Waals surface area contributed by atoms with E-state index in [4.69, 9.17) is 10.5 Å². The van der Waals surface area contributed by atoms with Gasteiger partial charge in [0.15, 0.2) is 0 Å². The highest BCUT2D eigenvalue weighted by molar-refractivity contribution is 9.10. The van der Waals surface area contributed by atoms with E-state index in [1.165, 1.54) is 5.56 Å². The third kappa shape index (κ3) is 3.30. The SMILES string of the molecule is CCC(C)(OC)C(N)Cc1ccc(Br)cc1. The molecule has 0 heterocycles. The van der Waals surface area contributed by atoms with Crippen molar-refractivity contribution >= 4 is 15.9 Å². The summed E-state index contributed by atoms with van der Waals surface area (Å²) in [6, 6.07) is 8.28. The predicted octanol–water partition coefficient (Wildman–Crippen LogP) is 3.13. The molecule has 2 N–H and O–H groups in total. The smallest absolute Gasteiger partial charge is 0.0801 e. The molecule has 0 saturated heterocycles. The van der Waals surface area contributed by atoms with Gasteiger partial charge in [-0.1, -0.05) is 35.0 Å². The van der Waals surface area contributed by atoms with Crippen LogP contribution in [-0.2, 0) is 11.2 Å². The monoisotopic (exact) mass is 285 g/mol. The van der Waals surface area contributed by atoms with Gasteiger partial charge in [-0.2, -0.15) is 0 Å². The number of methoxy groups -OCH3 is 1. The molecule has 16 heavy (non-hydrogen) atoms. The molecule has 0 spiro atoms. The third-order valence-electron chi connectivity index (χ3n) is 3.32. The minimum atomic E-state index is -0.243. The second-order valence-corrected chi connectivity index (χ2v) is 5.22. The molecular formula is C13H20BrNO. The minimum Gasteiger partial charge on any atom is -0.377 e. The van der Waals surface area contributed by atoms with Gasteiger partial charge in [-0.25, -0.2) is 0 Å². The van der Waals surface area contributed by atoms with Crippen LogP contribution in [-0.4, -0.2) is 18.8 Å². The van der Waals surface area contributed by atoms with Gasteiger partial charge in [-0.15, -0.1) is 0 Å². The molecule has 3 heteroatoms. The average molecular weight is 286 g/mol. The molecule has 0 aliphatic heterocycles. The fraction of sp³-hybridized carbons (Fsp3) is 0.538. The summed E-state index contributed by atoms with van der Waals surface area (Å²) < 4.78 is 6.60. The molecular weight excluding hydrogens is 266 g/mol. The maximum absolute atomic E-state index is 6.21. The molecule has 2 unspecified atom stereocenters. The average Bonchev–Trinajstić information content (AvgIpc) is 2.31. The molecule has 2 nitrogen and oxygen atoms in total. The van der Waals surface area contributed by atoms with E-state index in [0.29, 0.717) is 0 Å². The molecule has 1 rings (SSSR count). The molecule has 2 atom stereocenters. The van der Waals surface area contributed by atoms with Crippen molar-refractivity contribution in [1.29, 1.82) is 0 Å². The lowest BCUT2D eigenvalue weighted by molar-refractivity contribution is -0.0184. The highest BCUT2D eigenvalue weighted by Gasteiger charge is 2.29. The largest absolute Gasteiger partial charge is 0.377 e. The molecule has 0 aromatic heterocycles. The molecule has 0 amide bonds. The van der Waals surface area contributed by atoms with E-state index in [9.17, 15) is 0 Å². The van der Waals surface area contributed by atoms with Crippen LogP contribution in [0.2, 0.25) is 0 Å².